The van der Waals surface area contributed by atoms with Crippen molar-refractivity contribution in [3.8, 4) is 0 Å². The molecule has 3 heteroatoms. The SMILES string of the molecule is CCOC(=O)CC1CCN(CC2CC2)CC1. The minimum Gasteiger partial charge on any atom is -0.466 e. The third kappa shape index (κ3) is 3.78. The molecule has 0 aromatic rings. The van der Waals surface area contributed by atoms with Crippen molar-refractivity contribution in [2.45, 2.75) is 39.0 Å². The van der Waals surface area contributed by atoms with Crippen LogP contribution < -0.4 is 0 Å². The Balaban J connectivity index is 1.62. The molecule has 0 amide bonds. The maximum atomic E-state index is 11.3. The summed E-state index contributed by atoms with van der Waals surface area (Å²) in [6.45, 7) is 6.04. The monoisotopic (exact) mass is 225 g/mol. The van der Waals surface area contributed by atoms with E-state index in [1.807, 2.05) is 6.92 Å². The van der Waals surface area contributed by atoms with E-state index in [9.17, 15) is 4.79 Å². The van der Waals surface area contributed by atoms with E-state index in [4.69, 9.17) is 4.74 Å². The molecule has 16 heavy (non-hydrogen) atoms. The van der Waals surface area contributed by atoms with Gasteiger partial charge in [-0.1, -0.05) is 0 Å². The number of likely N-dealkylation sites (tertiary alicyclic amines) is 1. The predicted molar refractivity (Wildman–Crippen MR) is 63.1 cm³/mol. The largest absolute Gasteiger partial charge is 0.466 e. The van der Waals surface area contributed by atoms with Crippen LogP contribution in [-0.2, 0) is 9.53 Å². The zero-order chi connectivity index (χ0) is 11.4. The number of rotatable bonds is 5. The summed E-state index contributed by atoms with van der Waals surface area (Å²) in [6, 6.07) is 0. The van der Waals surface area contributed by atoms with Crippen LogP contribution in [0.2, 0.25) is 0 Å². The van der Waals surface area contributed by atoms with Crippen LogP contribution in [0.15, 0.2) is 0 Å². The molecule has 2 rings (SSSR count). The highest BCUT2D eigenvalue weighted by Crippen LogP contribution is 2.31. The lowest BCUT2D eigenvalue weighted by Crippen LogP contribution is -2.35. The maximum absolute atomic E-state index is 11.3. The number of nitrogens with zero attached hydrogens (tertiary/aromatic N) is 1. The van der Waals surface area contributed by atoms with E-state index in [0.29, 0.717) is 18.9 Å². The number of carbonyl (C=O) groups is 1. The van der Waals surface area contributed by atoms with E-state index in [1.54, 1.807) is 0 Å². The average Bonchev–Trinajstić information content (AvgIpc) is 3.05. The van der Waals surface area contributed by atoms with Crippen molar-refractivity contribution in [1.29, 1.82) is 0 Å². The van der Waals surface area contributed by atoms with Crippen molar-refractivity contribution < 1.29 is 9.53 Å². The Labute approximate surface area is 98.1 Å². The Bertz CT molecular complexity index is 230. The minimum atomic E-state index is -0.0110. The van der Waals surface area contributed by atoms with Crippen LogP contribution in [-0.4, -0.2) is 37.1 Å². The van der Waals surface area contributed by atoms with Gasteiger partial charge in [-0.05, 0) is 57.5 Å². The summed E-state index contributed by atoms with van der Waals surface area (Å²) >= 11 is 0. The molecular weight excluding hydrogens is 202 g/mol. The fourth-order valence-electron chi connectivity index (χ4n) is 2.49. The van der Waals surface area contributed by atoms with Gasteiger partial charge < -0.3 is 9.64 Å². The van der Waals surface area contributed by atoms with Gasteiger partial charge in [0.25, 0.3) is 0 Å². The van der Waals surface area contributed by atoms with Gasteiger partial charge in [-0.15, -0.1) is 0 Å². The molecule has 92 valence electrons. The normalized spacial score (nSPS) is 23.3. The Morgan fingerprint density at radius 3 is 2.44 bits per heavy atom. The first-order valence-corrected chi connectivity index (χ1v) is 6.66. The van der Waals surface area contributed by atoms with Gasteiger partial charge in [-0.2, -0.15) is 0 Å². The van der Waals surface area contributed by atoms with Crippen molar-refractivity contribution in [3.05, 3.63) is 0 Å². The maximum Gasteiger partial charge on any atom is 0.306 e. The highest BCUT2D eigenvalue weighted by atomic mass is 16.5. The smallest absolute Gasteiger partial charge is 0.306 e. The molecule has 0 N–H and O–H groups in total. The number of ether oxygens (including phenoxy) is 1. The van der Waals surface area contributed by atoms with Crippen molar-refractivity contribution in [1.82, 2.24) is 4.90 Å². The third-order valence-electron chi connectivity index (χ3n) is 3.68. The molecule has 1 saturated carbocycles. The number of esters is 1. The van der Waals surface area contributed by atoms with E-state index in [2.05, 4.69) is 4.90 Å². The van der Waals surface area contributed by atoms with Gasteiger partial charge in [0.1, 0.15) is 0 Å². The highest BCUT2D eigenvalue weighted by Gasteiger charge is 2.27. The van der Waals surface area contributed by atoms with Gasteiger partial charge >= 0.3 is 5.97 Å². The van der Waals surface area contributed by atoms with E-state index in [0.717, 1.165) is 5.92 Å². The minimum absolute atomic E-state index is 0.0110. The molecule has 0 unspecified atom stereocenters. The first-order valence-electron chi connectivity index (χ1n) is 6.66. The zero-order valence-electron chi connectivity index (χ0n) is 10.3. The van der Waals surface area contributed by atoms with E-state index in [-0.39, 0.29) is 5.97 Å². The van der Waals surface area contributed by atoms with Crippen LogP contribution in [0.25, 0.3) is 0 Å². The van der Waals surface area contributed by atoms with Gasteiger partial charge in [0.15, 0.2) is 0 Å². The quantitative estimate of drug-likeness (QED) is 0.671. The van der Waals surface area contributed by atoms with Crippen molar-refractivity contribution in [2.75, 3.05) is 26.2 Å². The third-order valence-corrected chi connectivity index (χ3v) is 3.68. The molecule has 0 radical (unpaired) electrons. The van der Waals surface area contributed by atoms with E-state index < -0.39 is 0 Å². The van der Waals surface area contributed by atoms with Gasteiger partial charge in [-0.25, -0.2) is 0 Å². The number of carbonyl (C=O) groups excluding carboxylic acids is 1. The molecule has 1 aliphatic heterocycles. The Hall–Kier alpha value is -0.570. The fourth-order valence-corrected chi connectivity index (χ4v) is 2.49. The lowest BCUT2D eigenvalue weighted by Gasteiger charge is -2.31. The van der Waals surface area contributed by atoms with E-state index in [1.165, 1.54) is 45.3 Å². The second-order valence-electron chi connectivity index (χ2n) is 5.20. The topological polar surface area (TPSA) is 29.5 Å². The van der Waals surface area contributed by atoms with Crippen LogP contribution in [0.4, 0.5) is 0 Å². The van der Waals surface area contributed by atoms with Crippen LogP contribution in [0.1, 0.15) is 39.0 Å². The average molecular weight is 225 g/mol. The first kappa shape index (κ1) is 11.9. The molecule has 0 aromatic heterocycles. The van der Waals surface area contributed by atoms with Crippen LogP contribution in [0.5, 0.6) is 0 Å². The molecule has 1 saturated heterocycles. The zero-order valence-corrected chi connectivity index (χ0v) is 10.3. The molecule has 3 nitrogen and oxygen atoms in total. The van der Waals surface area contributed by atoms with Crippen molar-refractivity contribution >= 4 is 5.97 Å². The van der Waals surface area contributed by atoms with Gasteiger partial charge in [0.05, 0.1) is 6.61 Å². The Kier molecular flexibility index (Phi) is 4.22. The molecule has 0 atom stereocenters. The second kappa shape index (κ2) is 5.67. The van der Waals surface area contributed by atoms with Gasteiger partial charge in [0.2, 0.25) is 0 Å². The van der Waals surface area contributed by atoms with Crippen LogP contribution in [0.3, 0.4) is 0 Å². The summed E-state index contributed by atoms with van der Waals surface area (Å²) in [4.78, 5) is 13.9. The summed E-state index contributed by atoms with van der Waals surface area (Å²) in [7, 11) is 0. The summed E-state index contributed by atoms with van der Waals surface area (Å²) in [5, 5.41) is 0. The van der Waals surface area contributed by atoms with Crippen LogP contribution >= 0.6 is 0 Å². The standard InChI is InChI=1S/C13H23NO2/c1-2-16-13(15)9-11-5-7-14(8-6-11)10-12-3-4-12/h11-12H,2-10H2,1H3. The lowest BCUT2D eigenvalue weighted by atomic mass is 9.93. The molecule has 2 aliphatic rings. The molecule has 2 fully saturated rings. The Morgan fingerprint density at radius 1 is 1.19 bits per heavy atom. The lowest BCUT2D eigenvalue weighted by molar-refractivity contribution is -0.144. The van der Waals surface area contributed by atoms with Gasteiger partial charge in [-0.3, -0.25) is 4.79 Å². The predicted octanol–water partition coefficient (Wildman–Crippen LogP) is 2.06. The summed E-state index contributed by atoms with van der Waals surface area (Å²) < 4.78 is 4.99. The number of hydrogen-bond donors (Lipinski definition) is 0. The first-order chi connectivity index (χ1) is 7.78. The van der Waals surface area contributed by atoms with Crippen molar-refractivity contribution in [2.24, 2.45) is 11.8 Å². The van der Waals surface area contributed by atoms with Crippen molar-refractivity contribution in [3.63, 3.8) is 0 Å². The summed E-state index contributed by atoms with van der Waals surface area (Å²) in [6.07, 6.45) is 5.84. The molecular formula is C13H23NO2. The number of hydrogen-bond acceptors (Lipinski definition) is 3. The summed E-state index contributed by atoms with van der Waals surface area (Å²) in [5.74, 6) is 1.54. The second-order valence-corrected chi connectivity index (χ2v) is 5.20. The molecule has 0 spiro atoms. The molecule has 1 aliphatic carbocycles. The Morgan fingerprint density at radius 2 is 1.88 bits per heavy atom. The molecule has 1 heterocycles. The highest BCUT2D eigenvalue weighted by molar-refractivity contribution is 5.69. The molecule has 0 bridgehead atoms. The number of piperidine rings is 1. The van der Waals surface area contributed by atoms with Gasteiger partial charge in [0, 0.05) is 13.0 Å². The van der Waals surface area contributed by atoms with Crippen LogP contribution in [0, 0.1) is 11.8 Å². The summed E-state index contributed by atoms with van der Waals surface area (Å²) in [5.41, 5.74) is 0. The fraction of sp³-hybridized carbons (Fsp3) is 0.923. The van der Waals surface area contributed by atoms with E-state index >= 15 is 0 Å². The molecule has 0 aromatic carbocycles.